The molecule has 3 heterocycles. The quantitative estimate of drug-likeness (QED) is 0.720. The Kier molecular flexibility index (Phi) is 4.96. The van der Waals surface area contributed by atoms with Gasteiger partial charge in [0.25, 0.3) is 0 Å². The lowest BCUT2D eigenvalue weighted by Gasteiger charge is -2.33. The highest BCUT2D eigenvalue weighted by atomic mass is 15.3. The SMILES string of the molecule is CCN1CCN(Cc2ccc(-c3cccc4nc(C)ccc34)nc2)CC1. The summed E-state index contributed by atoms with van der Waals surface area (Å²) >= 11 is 0. The first-order valence-corrected chi connectivity index (χ1v) is 9.49. The zero-order chi connectivity index (χ0) is 17.9. The maximum atomic E-state index is 4.75. The molecule has 1 fully saturated rings. The van der Waals surface area contributed by atoms with Crippen molar-refractivity contribution in [1.82, 2.24) is 19.8 Å². The van der Waals surface area contributed by atoms with Gasteiger partial charge >= 0.3 is 0 Å². The third-order valence-electron chi connectivity index (χ3n) is 5.29. The van der Waals surface area contributed by atoms with Crippen LogP contribution in [0.3, 0.4) is 0 Å². The monoisotopic (exact) mass is 346 g/mol. The molecule has 134 valence electrons. The predicted octanol–water partition coefficient (Wildman–Crippen LogP) is 3.74. The Hall–Kier alpha value is -2.30. The van der Waals surface area contributed by atoms with Crippen molar-refractivity contribution in [3.8, 4) is 11.3 Å². The number of hydrogen-bond donors (Lipinski definition) is 0. The van der Waals surface area contributed by atoms with E-state index in [2.05, 4.69) is 64.2 Å². The molecule has 0 atom stereocenters. The lowest BCUT2D eigenvalue weighted by molar-refractivity contribution is 0.132. The number of piperazine rings is 1. The Labute approximate surface area is 155 Å². The number of aryl methyl sites for hydroxylation is 1. The van der Waals surface area contributed by atoms with Gasteiger partial charge in [0.1, 0.15) is 0 Å². The van der Waals surface area contributed by atoms with Crippen LogP contribution in [0.1, 0.15) is 18.2 Å². The molecule has 26 heavy (non-hydrogen) atoms. The third kappa shape index (κ3) is 3.62. The van der Waals surface area contributed by atoms with E-state index in [9.17, 15) is 0 Å². The molecule has 0 radical (unpaired) electrons. The normalized spacial score (nSPS) is 16.2. The number of hydrogen-bond acceptors (Lipinski definition) is 4. The maximum absolute atomic E-state index is 4.75. The second-order valence-electron chi connectivity index (χ2n) is 7.09. The lowest BCUT2D eigenvalue weighted by atomic mass is 10.0. The summed E-state index contributed by atoms with van der Waals surface area (Å²) in [4.78, 5) is 14.4. The number of aromatic nitrogens is 2. The molecule has 2 aromatic heterocycles. The van der Waals surface area contributed by atoms with Gasteiger partial charge in [-0.15, -0.1) is 0 Å². The van der Waals surface area contributed by atoms with E-state index in [0.29, 0.717) is 0 Å². The van der Waals surface area contributed by atoms with Crippen molar-refractivity contribution in [3.05, 3.63) is 59.9 Å². The van der Waals surface area contributed by atoms with Crippen molar-refractivity contribution in [2.24, 2.45) is 0 Å². The van der Waals surface area contributed by atoms with E-state index in [1.165, 1.54) is 18.7 Å². The average Bonchev–Trinajstić information content (AvgIpc) is 2.68. The van der Waals surface area contributed by atoms with E-state index in [1.807, 2.05) is 13.1 Å². The van der Waals surface area contributed by atoms with Gasteiger partial charge in [-0.1, -0.05) is 31.2 Å². The van der Waals surface area contributed by atoms with Crippen LogP contribution in [0, 0.1) is 6.92 Å². The Balaban J connectivity index is 1.52. The van der Waals surface area contributed by atoms with Gasteiger partial charge < -0.3 is 4.90 Å². The fourth-order valence-electron chi connectivity index (χ4n) is 3.68. The predicted molar refractivity (Wildman–Crippen MR) is 107 cm³/mol. The number of pyridine rings is 2. The Morgan fingerprint density at radius 2 is 1.73 bits per heavy atom. The molecule has 0 N–H and O–H groups in total. The highest BCUT2D eigenvalue weighted by Gasteiger charge is 2.15. The van der Waals surface area contributed by atoms with Crippen LogP contribution in [-0.4, -0.2) is 52.5 Å². The molecule has 3 aromatic rings. The van der Waals surface area contributed by atoms with Crippen molar-refractivity contribution in [2.75, 3.05) is 32.7 Å². The van der Waals surface area contributed by atoms with Crippen molar-refractivity contribution < 1.29 is 0 Å². The largest absolute Gasteiger partial charge is 0.301 e. The van der Waals surface area contributed by atoms with E-state index in [4.69, 9.17) is 4.98 Å². The van der Waals surface area contributed by atoms with Gasteiger partial charge in [0.15, 0.2) is 0 Å². The summed E-state index contributed by atoms with van der Waals surface area (Å²) in [6, 6.07) is 14.8. The number of rotatable bonds is 4. The van der Waals surface area contributed by atoms with Gasteiger partial charge in [-0.2, -0.15) is 0 Å². The maximum Gasteiger partial charge on any atom is 0.0711 e. The summed E-state index contributed by atoms with van der Waals surface area (Å²) in [5.74, 6) is 0. The van der Waals surface area contributed by atoms with Crippen molar-refractivity contribution >= 4 is 10.9 Å². The zero-order valence-corrected chi connectivity index (χ0v) is 15.7. The first kappa shape index (κ1) is 17.1. The molecule has 4 nitrogen and oxygen atoms in total. The van der Waals surface area contributed by atoms with E-state index < -0.39 is 0 Å². The summed E-state index contributed by atoms with van der Waals surface area (Å²) < 4.78 is 0. The smallest absolute Gasteiger partial charge is 0.0711 e. The van der Waals surface area contributed by atoms with Gasteiger partial charge in [-0.25, -0.2) is 0 Å². The summed E-state index contributed by atoms with van der Waals surface area (Å²) in [6.45, 7) is 11.0. The van der Waals surface area contributed by atoms with Gasteiger partial charge in [-0.05, 0) is 37.2 Å². The minimum atomic E-state index is 0.987. The Morgan fingerprint density at radius 1 is 0.923 bits per heavy atom. The standard InChI is InChI=1S/C22H26N4/c1-3-25-11-13-26(14-12-25)16-18-8-10-21(23-15-18)19-5-4-6-22-20(19)9-7-17(2)24-22/h4-10,15H,3,11-14,16H2,1-2H3. The van der Waals surface area contributed by atoms with Crippen LogP contribution in [0.4, 0.5) is 0 Å². The molecular weight excluding hydrogens is 320 g/mol. The molecule has 1 aromatic carbocycles. The third-order valence-corrected chi connectivity index (χ3v) is 5.29. The first-order chi connectivity index (χ1) is 12.7. The van der Waals surface area contributed by atoms with Gasteiger partial charge in [-0.3, -0.25) is 14.9 Å². The highest BCUT2D eigenvalue weighted by molar-refractivity contribution is 5.93. The van der Waals surface area contributed by atoms with Crippen molar-refractivity contribution in [2.45, 2.75) is 20.4 Å². The number of fused-ring (bicyclic) bond motifs is 1. The van der Waals surface area contributed by atoms with Crippen LogP contribution in [0.5, 0.6) is 0 Å². The molecule has 4 rings (SSSR count). The topological polar surface area (TPSA) is 32.3 Å². The molecule has 1 aliphatic rings. The van der Waals surface area contributed by atoms with E-state index in [-0.39, 0.29) is 0 Å². The van der Waals surface area contributed by atoms with Crippen LogP contribution in [0.25, 0.3) is 22.2 Å². The molecular formula is C22H26N4. The fourth-order valence-corrected chi connectivity index (χ4v) is 3.68. The molecule has 0 amide bonds. The minimum absolute atomic E-state index is 0.987. The van der Waals surface area contributed by atoms with E-state index in [1.54, 1.807) is 0 Å². The molecule has 0 aliphatic carbocycles. The van der Waals surface area contributed by atoms with E-state index >= 15 is 0 Å². The van der Waals surface area contributed by atoms with Gasteiger partial charge in [0, 0.05) is 55.6 Å². The van der Waals surface area contributed by atoms with Gasteiger partial charge in [0.05, 0.1) is 11.2 Å². The molecule has 0 saturated carbocycles. The van der Waals surface area contributed by atoms with Crippen LogP contribution in [0.2, 0.25) is 0 Å². The number of benzene rings is 1. The summed E-state index contributed by atoms with van der Waals surface area (Å²) in [6.07, 6.45) is 2.03. The first-order valence-electron chi connectivity index (χ1n) is 9.49. The zero-order valence-electron chi connectivity index (χ0n) is 15.7. The van der Waals surface area contributed by atoms with Crippen molar-refractivity contribution in [1.29, 1.82) is 0 Å². The van der Waals surface area contributed by atoms with Crippen LogP contribution >= 0.6 is 0 Å². The van der Waals surface area contributed by atoms with Crippen molar-refractivity contribution in [3.63, 3.8) is 0 Å². The van der Waals surface area contributed by atoms with E-state index in [0.717, 1.165) is 54.0 Å². The molecule has 0 unspecified atom stereocenters. The highest BCUT2D eigenvalue weighted by Crippen LogP contribution is 2.26. The Bertz CT molecular complexity index is 880. The molecule has 4 heteroatoms. The molecule has 1 aliphatic heterocycles. The summed E-state index contributed by atoms with van der Waals surface area (Å²) in [7, 11) is 0. The summed E-state index contributed by atoms with van der Waals surface area (Å²) in [5.41, 5.74) is 5.52. The molecule has 0 spiro atoms. The second kappa shape index (κ2) is 7.52. The van der Waals surface area contributed by atoms with Crippen LogP contribution in [-0.2, 0) is 6.54 Å². The van der Waals surface area contributed by atoms with Gasteiger partial charge in [0.2, 0.25) is 0 Å². The van der Waals surface area contributed by atoms with Crippen LogP contribution in [0.15, 0.2) is 48.7 Å². The summed E-state index contributed by atoms with van der Waals surface area (Å²) in [5, 5.41) is 1.16. The number of likely N-dealkylation sites (N-methyl/N-ethyl adjacent to an activating group) is 1. The fraction of sp³-hybridized carbons (Fsp3) is 0.364. The molecule has 0 bridgehead atoms. The second-order valence-corrected chi connectivity index (χ2v) is 7.09. The average molecular weight is 346 g/mol. The van der Waals surface area contributed by atoms with Crippen LogP contribution < -0.4 is 0 Å². The Morgan fingerprint density at radius 3 is 2.46 bits per heavy atom. The molecule has 1 saturated heterocycles. The minimum Gasteiger partial charge on any atom is -0.301 e. The lowest BCUT2D eigenvalue weighted by Crippen LogP contribution is -2.45. The number of nitrogens with zero attached hydrogens (tertiary/aromatic N) is 4.